The maximum absolute atomic E-state index is 12.5. The smallest absolute Gasteiger partial charge is 0.242 e. The standard InChI is InChI=1S/C14H18N2O2S2/c1-10(15)19-11(2)16-20(17,18)14-9-5-7-12-6-3-4-8-13(12)14/h3-11,16H,15H2,1-2H3. The Morgan fingerprint density at radius 1 is 1.10 bits per heavy atom. The van der Waals surface area contributed by atoms with Gasteiger partial charge in [0.05, 0.1) is 10.3 Å². The summed E-state index contributed by atoms with van der Waals surface area (Å²) in [5.74, 6) is 0. The number of nitrogens with two attached hydrogens (primary N) is 1. The number of fused-ring (bicyclic) bond motifs is 1. The number of thioether (sulfide) groups is 1. The first-order chi connectivity index (χ1) is 9.40. The third-order valence-corrected chi connectivity index (χ3v) is 5.48. The zero-order valence-corrected chi connectivity index (χ0v) is 13.0. The molecular weight excluding hydrogens is 292 g/mol. The lowest BCUT2D eigenvalue weighted by Crippen LogP contribution is -2.32. The number of rotatable bonds is 5. The molecule has 2 aromatic carbocycles. The number of sulfonamides is 1. The Morgan fingerprint density at radius 3 is 2.45 bits per heavy atom. The van der Waals surface area contributed by atoms with Crippen LogP contribution in [0.15, 0.2) is 47.4 Å². The highest BCUT2D eigenvalue weighted by atomic mass is 32.2. The highest BCUT2D eigenvalue weighted by Gasteiger charge is 2.20. The molecule has 0 aliphatic carbocycles. The Labute approximate surface area is 123 Å². The molecule has 2 aromatic rings. The predicted molar refractivity (Wildman–Crippen MR) is 85.0 cm³/mol. The fourth-order valence-corrected chi connectivity index (χ4v) is 4.61. The third-order valence-electron chi connectivity index (χ3n) is 2.78. The van der Waals surface area contributed by atoms with Crippen molar-refractivity contribution in [3.8, 4) is 0 Å². The van der Waals surface area contributed by atoms with Crippen molar-refractivity contribution in [1.29, 1.82) is 0 Å². The highest BCUT2D eigenvalue weighted by Crippen LogP contribution is 2.24. The zero-order chi connectivity index (χ0) is 14.8. The van der Waals surface area contributed by atoms with Gasteiger partial charge in [0.2, 0.25) is 10.0 Å². The van der Waals surface area contributed by atoms with Gasteiger partial charge in [-0.25, -0.2) is 8.42 Å². The summed E-state index contributed by atoms with van der Waals surface area (Å²) >= 11 is 1.37. The van der Waals surface area contributed by atoms with Gasteiger partial charge < -0.3 is 5.73 Å². The topological polar surface area (TPSA) is 72.2 Å². The molecule has 6 heteroatoms. The maximum atomic E-state index is 12.5. The largest absolute Gasteiger partial charge is 0.320 e. The monoisotopic (exact) mass is 310 g/mol. The van der Waals surface area contributed by atoms with Crippen molar-refractivity contribution in [3.05, 3.63) is 42.5 Å². The zero-order valence-electron chi connectivity index (χ0n) is 11.4. The lowest BCUT2D eigenvalue weighted by molar-refractivity contribution is 0.582. The average molecular weight is 310 g/mol. The summed E-state index contributed by atoms with van der Waals surface area (Å²) in [7, 11) is -3.56. The van der Waals surface area contributed by atoms with E-state index in [0.717, 1.165) is 10.8 Å². The average Bonchev–Trinajstić information content (AvgIpc) is 2.36. The van der Waals surface area contributed by atoms with Crippen molar-refractivity contribution < 1.29 is 8.42 Å². The van der Waals surface area contributed by atoms with Crippen LogP contribution in [0, 0.1) is 0 Å². The van der Waals surface area contributed by atoms with Gasteiger partial charge in [0.25, 0.3) is 0 Å². The molecule has 2 unspecified atom stereocenters. The quantitative estimate of drug-likeness (QED) is 0.832. The van der Waals surface area contributed by atoms with E-state index in [1.165, 1.54) is 11.8 Å². The summed E-state index contributed by atoms with van der Waals surface area (Å²) in [6, 6.07) is 12.7. The van der Waals surface area contributed by atoms with E-state index < -0.39 is 10.0 Å². The van der Waals surface area contributed by atoms with Crippen molar-refractivity contribution in [3.63, 3.8) is 0 Å². The lowest BCUT2D eigenvalue weighted by atomic mass is 10.1. The summed E-state index contributed by atoms with van der Waals surface area (Å²) in [4.78, 5) is 0.299. The maximum Gasteiger partial charge on any atom is 0.242 e. The van der Waals surface area contributed by atoms with Crippen LogP contribution < -0.4 is 10.5 Å². The summed E-state index contributed by atoms with van der Waals surface area (Å²) in [5, 5.41) is 1.22. The van der Waals surface area contributed by atoms with E-state index in [1.807, 2.05) is 37.3 Å². The molecule has 108 valence electrons. The summed E-state index contributed by atoms with van der Waals surface area (Å²) in [6.07, 6.45) is 0. The van der Waals surface area contributed by atoms with Gasteiger partial charge in [-0.3, -0.25) is 0 Å². The van der Waals surface area contributed by atoms with Crippen molar-refractivity contribution in [2.45, 2.75) is 29.5 Å². The van der Waals surface area contributed by atoms with Gasteiger partial charge in [0, 0.05) is 10.8 Å². The van der Waals surface area contributed by atoms with Gasteiger partial charge in [-0.05, 0) is 25.3 Å². The van der Waals surface area contributed by atoms with E-state index >= 15 is 0 Å². The minimum Gasteiger partial charge on any atom is -0.320 e. The van der Waals surface area contributed by atoms with Crippen LogP contribution in [0.1, 0.15) is 13.8 Å². The SMILES string of the molecule is CC(N)SC(C)NS(=O)(=O)c1cccc2ccccc12. The Morgan fingerprint density at radius 2 is 1.75 bits per heavy atom. The van der Waals surface area contributed by atoms with E-state index in [-0.39, 0.29) is 10.7 Å². The van der Waals surface area contributed by atoms with Gasteiger partial charge in [-0.1, -0.05) is 36.4 Å². The van der Waals surface area contributed by atoms with Gasteiger partial charge in [0.15, 0.2) is 0 Å². The van der Waals surface area contributed by atoms with Crippen LogP contribution in [0.4, 0.5) is 0 Å². The predicted octanol–water partition coefficient (Wildman–Crippen LogP) is 2.50. The van der Waals surface area contributed by atoms with Crippen LogP contribution >= 0.6 is 11.8 Å². The van der Waals surface area contributed by atoms with E-state index in [4.69, 9.17) is 5.73 Å². The van der Waals surface area contributed by atoms with Crippen molar-refractivity contribution in [1.82, 2.24) is 4.72 Å². The van der Waals surface area contributed by atoms with Crippen LogP contribution in [0.5, 0.6) is 0 Å². The van der Waals surface area contributed by atoms with E-state index in [2.05, 4.69) is 4.72 Å². The van der Waals surface area contributed by atoms with Gasteiger partial charge in [0.1, 0.15) is 0 Å². The Kier molecular flexibility index (Phi) is 4.70. The van der Waals surface area contributed by atoms with Crippen molar-refractivity contribution in [2.24, 2.45) is 5.73 Å². The summed E-state index contributed by atoms with van der Waals surface area (Å²) in [5.41, 5.74) is 5.67. The molecular formula is C14H18N2O2S2. The molecule has 0 heterocycles. The highest BCUT2D eigenvalue weighted by molar-refractivity contribution is 8.01. The molecule has 20 heavy (non-hydrogen) atoms. The van der Waals surface area contributed by atoms with E-state index in [9.17, 15) is 8.42 Å². The number of hydrogen-bond donors (Lipinski definition) is 2. The summed E-state index contributed by atoms with van der Waals surface area (Å²) < 4.78 is 27.6. The van der Waals surface area contributed by atoms with Gasteiger partial charge >= 0.3 is 0 Å². The second-order valence-electron chi connectivity index (χ2n) is 4.58. The molecule has 0 aromatic heterocycles. The Hall–Kier alpha value is -1.08. The number of hydrogen-bond acceptors (Lipinski definition) is 4. The fraction of sp³-hybridized carbons (Fsp3) is 0.286. The second-order valence-corrected chi connectivity index (χ2v) is 7.99. The second kappa shape index (κ2) is 6.13. The third kappa shape index (κ3) is 3.52. The van der Waals surface area contributed by atoms with Gasteiger partial charge in [-0.2, -0.15) is 4.72 Å². The van der Waals surface area contributed by atoms with Crippen LogP contribution in [-0.2, 0) is 10.0 Å². The van der Waals surface area contributed by atoms with Gasteiger partial charge in [-0.15, -0.1) is 11.8 Å². The molecule has 0 fully saturated rings. The normalized spacial score (nSPS) is 15.2. The number of benzene rings is 2. The lowest BCUT2D eigenvalue weighted by Gasteiger charge is -2.16. The number of nitrogens with one attached hydrogen (secondary N) is 1. The molecule has 2 atom stereocenters. The molecule has 0 amide bonds. The van der Waals surface area contributed by atoms with Crippen molar-refractivity contribution in [2.75, 3.05) is 0 Å². The molecule has 0 radical (unpaired) electrons. The van der Waals surface area contributed by atoms with E-state index in [1.54, 1.807) is 19.1 Å². The van der Waals surface area contributed by atoms with Crippen LogP contribution in [0.3, 0.4) is 0 Å². The molecule has 0 saturated heterocycles. The van der Waals surface area contributed by atoms with Crippen molar-refractivity contribution >= 4 is 32.6 Å². The molecule has 0 bridgehead atoms. The first-order valence-electron chi connectivity index (χ1n) is 6.31. The molecule has 3 N–H and O–H groups in total. The Bertz CT molecular complexity index is 694. The van der Waals surface area contributed by atoms with Crippen LogP contribution in [-0.4, -0.2) is 19.2 Å². The first-order valence-corrected chi connectivity index (χ1v) is 8.74. The van der Waals surface area contributed by atoms with E-state index in [0.29, 0.717) is 4.90 Å². The van der Waals surface area contributed by atoms with Crippen LogP contribution in [0.2, 0.25) is 0 Å². The molecule has 0 aliphatic heterocycles. The summed E-state index contributed by atoms with van der Waals surface area (Å²) in [6.45, 7) is 3.62. The molecule has 0 aliphatic rings. The molecule has 4 nitrogen and oxygen atoms in total. The van der Waals surface area contributed by atoms with Crippen LogP contribution in [0.25, 0.3) is 10.8 Å². The minimum absolute atomic E-state index is 0.125. The molecule has 0 saturated carbocycles. The molecule has 2 rings (SSSR count). The molecule has 0 spiro atoms. The first kappa shape index (κ1) is 15.3. The minimum atomic E-state index is -3.56. The Balaban J connectivity index is 2.37. The fourth-order valence-electron chi connectivity index (χ4n) is 2.06.